The second kappa shape index (κ2) is 9.86. The molecule has 1 spiro atoms. The lowest BCUT2D eigenvalue weighted by Gasteiger charge is -2.43. The highest BCUT2D eigenvalue weighted by atomic mass is 79.9. The van der Waals surface area contributed by atoms with E-state index in [1.165, 1.54) is 24.0 Å². The molecule has 36 heavy (non-hydrogen) atoms. The van der Waals surface area contributed by atoms with Crippen molar-refractivity contribution in [3.05, 3.63) is 33.8 Å². The van der Waals surface area contributed by atoms with Crippen molar-refractivity contribution in [1.29, 1.82) is 0 Å². The highest BCUT2D eigenvalue weighted by Crippen LogP contribution is 2.57. The van der Waals surface area contributed by atoms with Gasteiger partial charge in [-0.25, -0.2) is 0 Å². The number of carbonyl (C=O) groups excluding carboxylic acids is 1. The Morgan fingerprint density at radius 2 is 1.83 bits per heavy atom. The number of ketones is 1. The predicted molar refractivity (Wildman–Crippen MR) is 149 cm³/mol. The third-order valence-corrected chi connectivity index (χ3v) is 15.9. The molecule has 3 atom stereocenters. The summed E-state index contributed by atoms with van der Waals surface area (Å²) >= 11 is 3.81. The van der Waals surface area contributed by atoms with E-state index in [0.717, 1.165) is 35.5 Å². The van der Waals surface area contributed by atoms with Gasteiger partial charge in [0.2, 0.25) is 0 Å². The van der Waals surface area contributed by atoms with Crippen molar-refractivity contribution in [1.82, 2.24) is 5.32 Å². The molecule has 2 aliphatic heterocycles. The lowest BCUT2D eigenvalue weighted by atomic mass is 9.68. The molecule has 5 nitrogen and oxygen atoms in total. The summed E-state index contributed by atoms with van der Waals surface area (Å²) in [5.41, 5.74) is 3.73. The zero-order valence-corrected chi connectivity index (χ0v) is 25.2. The number of rotatable bonds is 9. The molecule has 2 heterocycles. The van der Waals surface area contributed by atoms with Crippen LogP contribution in [0, 0.1) is 5.92 Å². The van der Waals surface area contributed by atoms with E-state index >= 15 is 0 Å². The quantitative estimate of drug-likeness (QED) is 0.327. The summed E-state index contributed by atoms with van der Waals surface area (Å²) in [5.74, 6) is 2.52. The Morgan fingerprint density at radius 3 is 2.47 bits per heavy atom. The number of allylic oxidation sites excluding steroid dienone is 1. The maximum atomic E-state index is 12.5. The van der Waals surface area contributed by atoms with Gasteiger partial charge in [-0.15, -0.1) is 0 Å². The Hall–Kier alpha value is -1.15. The number of carbonyl (C=O) groups is 1. The smallest absolute Gasteiger partial charge is 0.200 e. The van der Waals surface area contributed by atoms with E-state index < -0.39 is 8.32 Å². The van der Waals surface area contributed by atoms with Crippen LogP contribution in [0.15, 0.2) is 22.7 Å². The minimum atomic E-state index is -1.99. The fourth-order valence-corrected chi connectivity index (χ4v) is 13.2. The van der Waals surface area contributed by atoms with E-state index in [0.29, 0.717) is 35.6 Å². The number of hydrogen-bond donors (Lipinski definition) is 1. The number of hydrogen-bond acceptors (Lipinski definition) is 5. The highest BCUT2D eigenvalue weighted by molar-refractivity contribution is 9.10. The van der Waals surface area contributed by atoms with Crippen molar-refractivity contribution in [2.45, 2.75) is 108 Å². The first-order chi connectivity index (χ1) is 17.1. The van der Waals surface area contributed by atoms with Crippen LogP contribution in [0.25, 0.3) is 0 Å². The maximum absolute atomic E-state index is 12.5. The Kier molecular flexibility index (Phi) is 7.25. The van der Waals surface area contributed by atoms with Gasteiger partial charge in [0, 0.05) is 31.2 Å². The molecule has 0 radical (unpaired) electrons. The van der Waals surface area contributed by atoms with Crippen LogP contribution in [0.4, 0.5) is 0 Å². The van der Waals surface area contributed by atoms with Crippen molar-refractivity contribution in [2.75, 3.05) is 13.2 Å². The number of nitrogens with one attached hydrogen (secondary N) is 1. The van der Waals surface area contributed by atoms with Crippen molar-refractivity contribution in [3.63, 3.8) is 0 Å². The van der Waals surface area contributed by atoms with Crippen molar-refractivity contribution >= 4 is 30.0 Å². The zero-order valence-electron chi connectivity index (χ0n) is 22.7. The van der Waals surface area contributed by atoms with Crippen LogP contribution in [-0.2, 0) is 21.2 Å². The van der Waals surface area contributed by atoms with Crippen LogP contribution >= 0.6 is 15.9 Å². The average molecular weight is 577 g/mol. The molecule has 0 saturated heterocycles. The third-order valence-electron chi connectivity index (χ3n) is 9.10. The molecule has 198 valence electrons. The standard InChI is InChI=1S/C29H42BrNO4Si/c1-17(2)36(18(3)4,19(5)6)34-16-22-13-29-10-9-23(32)12-25(29)35-28-26(29)21(14-31-22)11-24(27(28)30)33-15-20-7-8-20/h9-11,17-20,22,25,31H,7-8,12-16H2,1-6H3/t22-,25-,29-/m1/s1. The minimum absolute atomic E-state index is 0.136. The van der Waals surface area contributed by atoms with E-state index in [4.69, 9.17) is 13.9 Å². The molecule has 1 N–H and O–H groups in total. The van der Waals surface area contributed by atoms with Gasteiger partial charge >= 0.3 is 0 Å². The van der Waals surface area contributed by atoms with Crippen LogP contribution in [0.5, 0.6) is 11.5 Å². The van der Waals surface area contributed by atoms with Crippen LogP contribution < -0.4 is 14.8 Å². The molecule has 1 aromatic carbocycles. The van der Waals surface area contributed by atoms with Gasteiger partial charge in [0.15, 0.2) is 14.1 Å². The number of ether oxygens (including phenoxy) is 2. The normalized spacial score (nSPS) is 27.3. The Balaban J connectivity index is 1.48. The molecular weight excluding hydrogens is 534 g/mol. The second-order valence-electron chi connectivity index (χ2n) is 12.4. The summed E-state index contributed by atoms with van der Waals surface area (Å²) in [4.78, 5) is 12.5. The van der Waals surface area contributed by atoms with Crippen LogP contribution in [-0.4, -0.2) is 39.5 Å². The van der Waals surface area contributed by atoms with Crippen LogP contribution in [0.3, 0.4) is 0 Å². The molecule has 0 aromatic heterocycles. The third kappa shape index (κ3) is 4.42. The molecule has 2 aliphatic carbocycles. The monoisotopic (exact) mass is 575 g/mol. The second-order valence-corrected chi connectivity index (χ2v) is 18.6. The fraction of sp³-hybridized carbons (Fsp3) is 0.690. The molecule has 0 amide bonds. The van der Waals surface area contributed by atoms with Crippen molar-refractivity contribution < 1.29 is 18.7 Å². The Labute approximate surface area is 226 Å². The van der Waals surface area contributed by atoms with Gasteiger partial charge in [-0.3, -0.25) is 4.79 Å². The minimum Gasteiger partial charge on any atom is -0.492 e. The van der Waals surface area contributed by atoms with Gasteiger partial charge in [0.25, 0.3) is 0 Å². The average Bonchev–Trinajstić information content (AvgIpc) is 3.60. The first kappa shape index (κ1) is 26.5. The molecule has 4 aliphatic rings. The van der Waals surface area contributed by atoms with Gasteiger partial charge in [-0.1, -0.05) is 47.6 Å². The summed E-state index contributed by atoms with van der Waals surface area (Å²) in [6, 6.07) is 2.36. The number of benzene rings is 1. The van der Waals surface area contributed by atoms with E-state index in [9.17, 15) is 4.79 Å². The van der Waals surface area contributed by atoms with E-state index in [1.807, 2.05) is 0 Å². The Bertz CT molecular complexity index is 1030. The number of halogens is 1. The molecule has 0 bridgehead atoms. The summed E-state index contributed by atoms with van der Waals surface area (Å²) < 4.78 is 20.8. The fourth-order valence-electron chi connectivity index (χ4n) is 7.23. The van der Waals surface area contributed by atoms with Gasteiger partial charge in [0.05, 0.1) is 12.0 Å². The molecule has 1 aromatic rings. The van der Waals surface area contributed by atoms with E-state index in [1.54, 1.807) is 6.08 Å². The predicted octanol–water partition coefficient (Wildman–Crippen LogP) is 6.82. The molecule has 5 rings (SSSR count). The van der Waals surface area contributed by atoms with Gasteiger partial charge < -0.3 is 19.2 Å². The van der Waals surface area contributed by atoms with Crippen LogP contribution in [0.1, 0.15) is 78.4 Å². The lowest BCUT2D eigenvalue weighted by molar-refractivity contribution is -0.117. The zero-order chi connectivity index (χ0) is 25.8. The first-order valence-corrected chi connectivity index (χ1v) is 16.8. The summed E-state index contributed by atoms with van der Waals surface area (Å²) in [5, 5.41) is 3.83. The largest absolute Gasteiger partial charge is 0.492 e. The summed E-state index contributed by atoms with van der Waals surface area (Å²) in [7, 11) is -1.99. The maximum Gasteiger partial charge on any atom is 0.200 e. The summed E-state index contributed by atoms with van der Waals surface area (Å²) in [6.07, 6.45) is 7.49. The lowest BCUT2D eigenvalue weighted by Crippen LogP contribution is -2.51. The van der Waals surface area contributed by atoms with Gasteiger partial charge in [0.1, 0.15) is 22.1 Å². The molecule has 0 unspecified atom stereocenters. The summed E-state index contributed by atoms with van der Waals surface area (Å²) in [6.45, 7) is 16.2. The Morgan fingerprint density at radius 1 is 1.14 bits per heavy atom. The van der Waals surface area contributed by atoms with Crippen LogP contribution in [0.2, 0.25) is 16.6 Å². The highest BCUT2D eigenvalue weighted by Gasteiger charge is 2.54. The van der Waals surface area contributed by atoms with Gasteiger partial charge in [-0.05, 0) is 75.4 Å². The molecular formula is C29H42BrNO4Si. The molecule has 7 heteroatoms. The topological polar surface area (TPSA) is 56.8 Å². The molecule has 1 saturated carbocycles. The van der Waals surface area contributed by atoms with E-state index in [2.05, 4.69) is 74.9 Å². The van der Waals surface area contributed by atoms with Crippen molar-refractivity contribution in [2.24, 2.45) is 5.92 Å². The van der Waals surface area contributed by atoms with Crippen molar-refractivity contribution in [3.8, 4) is 11.5 Å². The SMILES string of the molecule is CC(C)[Si](OC[C@H]1C[C@]23C=CC(=O)C[C@H]2Oc2c(Br)c(OCC4CC4)cc(c23)CN1)(C(C)C)C(C)C. The molecule has 1 fully saturated rings. The van der Waals surface area contributed by atoms with Gasteiger partial charge in [-0.2, -0.15) is 0 Å². The van der Waals surface area contributed by atoms with E-state index in [-0.39, 0.29) is 23.3 Å². The first-order valence-electron chi connectivity index (χ1n) is 13.8.